The van der Waals surface area contributed by atoms with Gasteiger partial charge in [-0.15, -0.1) is 0 Å². The summed E-state index contributed by atoms with van der Waals surface area (Å²) in [6.45, 7) is 2.86. The van der Waals surface area contributed by atoms with Crippen molar-refractivity contribution in [2.75, 3.05) is 49.7 Å². The summed E-state index contributed by atoms with van der Waals surface area (Å²) in [4.78, 5) is 12.5. The van der Waals surface area contributed by atoms with Crippen molar-refractivity contribution in [2.24, 2.45) is 0 Å². The number of sulfonamides is 1. The lowest BCUT2D eigenvalue weighted by Gasteiger charge is -2.12. The number of hydrogen-bond acceptors (Lipinski definition) is 6. The number of anilines is 2. The highest BCUT2D eigenvalue weighted by Crippen LogP contribution is 2.20. The predicted octanol–water partition coefficient (Wildman–Crippen LogP) is 2.32. The van der Waals surface area contributed by atoms with Gasteiger partial charge in [-0.05, 0) is 49.4 Å². The summed E-state index contributed by atoms with van der Waals surface area (Å²) >= 11 is 0. The van der Waals surface area contributed by atoms with Crippen molar-refractivity contribution < 1.29 is 22.7 Å². The molecular formula is C20H27N3O5S. The summed E-state index contributed by atoms with van der Waals surface area (Å²) < 4.78 is 35.9. The molecule has 9 heteroatoms. The average Bonchev–Trinajstić information content (AvgIpc) is 2.67. The van der Waals surface area contributed by atoms with Crippen molar-refractivity contribution in [1.82, 2.24) is 5.32 Å². The van der Waals surface area contributed by atoms with Crippen LogP contribution in [-0.4, -0.2) is 54.0 Å². The second-order valence-corrected chi connectivity index (χ2v) is 8.09. The predicted molar refractivity (Wildman–Crippen MR) is 114 cm³/mol. The number of rotatable bonds is 12. The summed E-state index contributed by atoms with van der Waals surface area (Å²) in [6, 6.07) is 13.4. The molecule has 0 aliphatic carbocycles. The maximum Gasteiger partial charge on any atom is 0.257 e. The first-order valence-electron chi connectivity index (χ1n) is 9.20. The zero-order valence-corrected chi connectivity index (χ0v) is 17.4. The molecule has 0 spiro atoms. The van der Waals surface area contributed by atoms with E-state index in [0.29, 0.717) is 18.0 Å². The number of ether oxygens (including phenoxy) is 2. The van der Waals surface area contributed by atoms with E-state index < -0.39 is 15.9 Å². The Morgan fingerprint density at radius 1 is 1.00 bits per heavy atom. The zero-order chi connectivity index (χ0) is 21.1. The van der Waals surface area contributed by atoms with Gasteiger partial charge in [0, 0.05) is 25.9 Å². The highest BCUT2D eigenvalue weighted by molar-refractivity contribution is 7.92. The molecule has 2 aromatic carbocycles. The van der Waals surface area contributed by atoms with Crippen LogP contribution in [0.3, 0.4) is 0 Å². The molecule has 0 saturated heterocycles. The Kier molecular flexibility index (Phi) is 8.91. The van der Waals surface area contributed by atoms with Crippen LogP contribution in [0.25, 0.3) is 0 Å². The molecule has 0 unspecified atom stereocenters. The summed E-state index contributed by atoms with van der Waals surface area (Å²) in [7, 11) is -1.81. The molecule has 0 fully saturated rings. The van der Waals surface area contributed by atoms with Crippen LogP contribution >= 0.6 is 0 Å². The quantitative estimate of drug-likeness (QED) is 0.454. The molecule has 0 heterocycles. The highest BCUT2D eigenvalue weighted by Gasteiger charge is 2.13. The Balaban J connectivity index is 1.86. The molecule has 0 bridgehead atoms. The van der Waals surface area contributed by atoms with E-state index >= 15 is 0 Å². The molecule has 2 aromatic rings. The van der Waals surface area contributed by atoms with Crippen LogP contribution in [0.2, 0.25) is 0 Å². The number of methoxy groups -OCH3 is 1. The Labute approximate surface area is 171 Å². The average molecular weight is 422 g/mol. The lowest BCUT2D eigenvalue weighted by atomic mass is 10.1. The van der Waals surface area contributed by atoms with Crippen molar-refractivity contribution in [3.63, 3.8) is 0 Å². The van der Waals surface area contributed by atoms with Gasteiger partial charge < -0.3 is 20.1 Å². The smallest absolute Gasteiger partial charge is 0.257 e. The third-order valence-electron chi connectivity index (χ3n) is 3.83. The van der Waals surface area contributed by atoms with Gasteiger partial charge in [0.25, 0.3) is 5.91 Å². The van der Waals surface area contributed by atoms with E-state index in [-0.39, 0.29) is 11.3 Å². The fraction of sp³-hybridized carbons (Fsp3) is 0.350. The van der Waals surface area contributed by atoms with Crippen LogP contribution in [-0.2, 0) is 14.8 Å². The SMILES string of the molecule is COCCCNCCOc1ccc(NC(=O)c2ccccc2NS(C)(=O)=O)cc1. The number of carbonyl (C=O) groups excluding carboxylic acids is 1. The molecule has 158 valence electrons. The van der Waals surface area contributed by atoms with Gasteiger partial charge in [0.2, 0.25) is 10.0 Å². The van der Waals surface area contributed by atoms with Crippen LogP contribution in [0.5, 0.6) is 5.75 Å². The van der Waals surface area contributed by atoms with Gasteiger partial charge in [0.1, 0.15) is 12.4 Å². The van der Waals surface area contributed by atoms with Crippen molar-refractivity contribution in [3.05, 3.63) is 54.1 Å². The highest BCUT2D eigenvalue weighted by atomic mass is 32.2. The van der Waals surface area contributed by atoms with E-state index in [9.17, 15) is 13.2 Å². The molecule has 0 aliphatic heterocycles. The molecule has 0 saturated carbocycles. The molecule has 0 radical (unpaired) electrons. The van der Waals surface area contributed by atoms with Crippen LogP contribution in [0.1, 0.15) is 16.8 Å². The minimum atomic E-state index is -3.49. The number of para-hydroxylation sites is 1. The van der Waals surface area contributed by atoms with E-state index in [1.807, 2.05) is 0 Å². The monoisotopic (exact) mass is 421 g/mol. The Morgan fingerprint density at radius 3 is 2.41 bits per heavy atom. The molecule has 0 atom stereocenters. The largest absolute Gasteiger partial charge is 0.492 e. The number of hydrogen-bond donors (Lipinski definition) is 3. The molecule has 0 aromatic heterocycles. The van der Waals surface area contributed by atoms with Crippen molar-refractivity contribution >= 4 is 27.3 Å². The number of amides is 1. The van der Waals surface area contributed by atoms with E-state index in [1.165, 1.54) is 6.07 Å². The lowest BCUT2D eigenvalue weighted by molar-refractivity contribution is 0.102. The van der Waals surface area contributed by atoms with Crippen LogP contribution in [0, 0.1) is 0 Å². The van der Waals surface area contributed by atoms with Gasteiger partial charge in [-0.1, -0.05) is 12.1 Å². The first-order chi connectivity index (χ1) is 13.9. The molecule has 0 aliphatic rings. The molecule has 8 nitrogen and oxygen atoms in total. The summed E-state index contributed by atoms with van der Waals surface area (Å²) in [5.41, 5.74) is 1.04. The van der Waals surface area contributed by atoms with Gasteiger partial charge in [-0.25, -0.2) is 8.42 Å². The molecule has 2 rings (SSSR count). The standard InChI is InChI=1S/C20H27N3O5S/c1-27-14-5-12-21-13-15-28-17-10-8-16(9-11-17)22-20(24)18-6-3-4-7-19(18)23-29(2,25)26/h3-4,6-11,21,23H,5,12-15H2,1-2H3,(H,22,24). The lowest BCUT2D eigenvalue weighted by Crippen LogP contribution is -2.22. The molecule has 29 heavy (non-hydrogen) atoms. The van der Waals surface area contributed by atoms with E-state index in [2.05, 4.69) is 15.4 Å². The molecule has 1 amide bonds. The summed E-state index contributed by atoms with van der Waals surface area (Å²) in [5.74, 6) is 0.284. The van der Waals surface area contributed by atoms with Crippen LogP contribution in [0.4, 0.5) is 11.4 Å². The van der Waals surface area contributed by atoms with Crippen LogP contribution < -0.4 is 20.1 Å². The third-order valence-corrected chi connectivity index (χ3v) is 4.42. The minimum absolute atomic E-state index is 0.227. The third kappa shape index (κ3) is 8.51. The number of carbonyl (C=O) groups is 1. The Hall–Kier alpha value is -2.62. The zero-order valence-electron chi connectivity index (χ0n) is 16.6. The minimum Gasteiger partial charge on any atom is -0.492 e. The maximum atomic E-state index is 12.5. The van der Waals surface area contributed by atoms with Crippen molar-refractivity contribution in [3.8, 4) is 5.75 Å². The van der Waals surface area contributed by atoms with Crippen LogP contribution in [0.15, 0.2) is 48.5 Å². The first-order valence-corrected chi connectivity index (χ1v) is 11.1. The molecular weight excluding hydrogens is 394 g/mol. The number of nitrogens with one attached hydrogen (secondary N) is 3. The van der Waals surface area contributed by atoms with Gasteiger partial charge in [-0.3, -0.25) is 9.52 Å². The second kappa shape index (κ2) is 11.4. The maximum absolute atomic E-state index is 12.5. The fourth-order valence-corrected chi connectivity index (χ4v) is 3.09. The van der Waals surface area contributed by atoms with Crippen molar-refractivity contribution in [2.45, 2.75) is 6.42 Å². The number of benzene rings is 2. The second-order valence-electron chi connectivity index (χ2n) is 6.34. The van der Waals surface area contributed by atoms with E-state index in [4.69, 9.17) is 9.47 Å². The topological polar surface area (TPSA) is 106 Å². The van der Waals surface area contributed by atoms with Gasteiger partial charge in [-0.2, -0.15) is 0 Å². The van der Waals surface area contributed by atoms with Crippen molar-refractivity contribution in [1.29, 1.82) is 0 Å². The van der Waals surface area contributed by atoms with E-state index in [1.54, 1.807) is 49.6 Å². The normalized spacial score (nSPS) is 11.1. The summed E-state index contributed by atoms with van der Waals surface area (Å²) in [5, 5.41) is 6.01. The fourth-order valence-electron chi connectivity index (χ4n) is 2.51. The Morgan fingerprint density at radius 2 is 1.72 bits per heavy atom. The van der Waals surface area contributed by atoms with Gasteiger partial charge in [0.15, 0.2) is 0 Å². The Bertz CT molecular complexity index is 885. The van der Waals surface area contributed by atoms with Gasteiger partial charge >= 0.3 is 0 Å². The van der Waals surface area contributed by atoms with E-state index in [0.717, 1.165) is 32.4 Å². The molecule has 3 N–H and O–H groups in total. The first kappa shape index (κ1) is 22.7. The summed E-state index contributed by atoms with van der Waals surface area (Å²) in [6.07, 6.45) is 1.99. The van der Waals surface area contributed by atoms with Gasteiger partial charge in [0.05, 0.1) is 17.5 Å².